The van der Waals surface area contributed by atoms with E-state index in [2.05, 4.69) is 16.2 Å². The molecule has 2 amide bonds. The number of hydrogen-bond acceptors (Lipinski definition) is 6. The minimum Gasteiger partial charge on any atom is -0.497 e. The zero-order chi connectivity index (χ0) is 23.5. The van der Waals surface area contributed by atoms with Gasteiger partial charge in [0.15, 0.2) is 5.84 Å². The molecule has 0 aliphatic carbocycles. The molecule has 170 valence electrons. The molecule has 32 heavy (non-hydrogen) atoms. The second kappa shape index (κ2) is 12.2. The number of nitrogens with one attached hydrogen (secondary N) is 1. The number of hydrazine groups is 1. The molecule has 0 heterocycles. The van der Waals surface area contributed by atoms with E-state index >= 15 is 0 Å². The zero-order valence-electron chi connectivity index (χ0n) is 18.4. The summed E-state index contributed by atoms with van der Waals surface area (Å²) in [6.45, 7) is 4.33. The molecule has 2 aromatic carbocycles. The quantitative estimate of drug-likeness (QED) is 0.130. The molecule has 0 bridgehead atoms. The SMILES string of the molecule is C#CC(/N=C(/c1ccc(OCCNC(N)=O)cc1)N(N)c1ccc(OC)cc1)OC(C)C. The molecule has 0 aliphatic heterocycles. The van der Waals surface area contributed by atoms with Gasteiger partial charge < -0.3 is 25.3 Å². The second-order valence-electron chi connectivity index (χ2n) is 6.89. The number of benzene rings is 2. The van der Waals surface area contributed by atoms with Crippen molar-refractivity contribution in [1.29, 1.82) is 0 Å². The van der Waals surface area contributed by atoms with Crippen LogP contribution >= 0.6 is 0 Å². The lowest BCUT2D eigenvalue weighted by atomic mass is 10.1. The molecule has 0 aliphatic rings. The largest absolute Gasteiger partial charge is 0.497 e. The molecule has 2 rings (SSSR count). The maximum atomic E-state index is 10.7. The number of ether oxygens (including phenoxy) is 3. The lowest BCUT2D eigenvalue weighted by molar-refractivity contribution is 0.0462. The average molecular weight is 440 g/mol. The third kappa shape index (κ3) is 7.50. The molecule has 0 fully saturated rings. The van der Waals surface area contributed by atoms with Crippen molar-refractivity contribution >= 4 is 17.6 Å². The van der Waals surface area contributed by atoms with Gasteiger partial charge in [-0.15, -0.1) is 6.42 Å². The van der Waals surface area contributed by atoms with E-state index in [1.807, 2.05) is 38.1 Å². The first-order valence-corrected chi connectivity index (χ1v) is 9.98. The molecule has 1 unspecified atom stereocenters. The first-order valence-electron chi connectivity index (χ1n) is 9.98. The van der Waals surface area contributed by atoms with Crippen molar-refractivity contribution in [3.63, 3.8) is 0 Å². The highest BCUT2D eigenvalue weighted by Gasteiger charge is 2.16. The number of carbonyl (C=O) groups excluding carboxylic acids is 1. The van der Waals surface area contributed by atoms with E-state index in [4.69, 9.17) is 32.2 Å². The summed E-state index contributed by atoms with van der Waals surface area (Å²) in [5, 5.41) is 3.89. The van der Waals surface area contributed by atoms with Crippen molar-refractivity contribution in [2.75, 3.05) is 25.3 Å². The van der Waals surface area contributed by atoms with Gasteiger partial charge in [0.2, 0.25) is 6.23 Å². The monoisotopic (exact) mass is 439 g/mol. The van der Waals surface area contributed by atoms with E-state index in [0.717, 1.165) is 0 Å². The molecular weight excluding hydrogens is 410 g/mol. The number of rotatable bonds is 10. The van der Waals surface area contributed by atoms with Crippen LogP contribution in [-0.4, -0.2) is 44.5 Å². The van der Waals surface area contributed by atoms with Gasteiger partial charge in [-0.1, -0.05) is 5.92 Å². The molecule has 9 heteroatoms. The van der Waals surface area contributed by atoms with Crippen LogP contribution in [0.5, 0.6) is 11.5 Å². The van der Waals surface area contributed by atoms with Crippen LogP contribution in [0.4, 0.5) is 10.5 Å². The fourth-order valence-corrected chi connectivity index (χ4v) is 2.66. The molecular formula is C23H29N5O4. The summed E-state index contributed by atoms with van der Waals surface area (Å²) in [6.07, 6.45) is 4.69. The number of urea groups is 1. The Bertz CT molecular complexity index is 936. The van der Waals surface area contributed by atoms with E-state index in [1.165, 1.54) is 5.01 Å². The smallest absolute Gasteiger partial charge is 0.312 e. The van der Waals surface area contributed by atoms with Gasteiger partial charge in [-0.3, -0.25) is 5.01 Å². The maximum Gasteiger partial charge on any atom is 0.312 e. The summed E-state index contributed by atoms with van der Waals surface area (Å²) in [4.78, 5) is 15.3. The van der Waals surface area contributed by atoms with Crippen molar-refractivity contribution in [1.82, 2.24) is 5.32 Å². The summed E-state index contributed by atoms with van der Waals surface area (Å²) in [7, 11) is 1.59. The van der Waals surface area contributed by atoms with Crippen LogP contribution in [0.2, 0.25) is 0 Å². The highest BCUT2D eigenvalue weighted by molar-refractivity contribution is 6.09. The summed E-state index contributed by atoms with van der Waals surface area (Å²) >= 11 is 0. The summed E-state index contributed by atoms with van der Waals surface area (Å²) in [5.41, 5.74) is 6.42. The Kier molecular flexibility index (Phi) is 9.35. The van der Waals surface area contributed by atoms with Gasteiger partial charge in [0.05, 0.1) is 25.4 Å². The van der Waals surface area contributed by atoms with Crippen LogP contribution in [-0.2, 0) is 4.74 Å². The van der Waals surface area contributed by atoms with Crippen LogP contribution in [0.25, 0.3) is 0 Å². The molecule has 2 aromatic rings. The van der Waals surface area contributed by atoms with Gasteiger partial charge in [-0.2, -0.15) is 0 Å². The Balaban J connectivity index is 2.29. The molecule has 0 aromatic heterocycles. The topological polar surface area (TPSA) is 124 Å². The number of nitrogens with two attached hydrogens (primary N) is 2. The van der Waals surface area contributed by atoms with Crippen LogP contribution in [0.3, 0.4) is 0 Å². The molecule has 0 radical (unpaired) electrons. The summed E-state index contributed by atoms with van der Waals surface area (Å²) < 4.78 is 16.5. The lowest BCUT2D eigenvalue weighted by Gasteiger charge is -2.23. The van der Waals surface area contributed by atoms with Gasteiger partial charge in [0.1, 0.15) is 18.1 Å². The first kappa shape index (κ1) is 24.5. The standard InChI is InChI=1S/C23H29N5O4/c1-5-21(32-16(2)3)27-22(28(25)18-8-12-19(30-4)13-9-18)17-6-10-20(11-7-17)31-15-14-26-23(24)29/h1,6-13,16,21H,14-15,25H2,2-4H3,(H3,24,26,29)/b27-22-. The summed E-state index contributed by atoms with van der Waals surface area (Å²) in [6, 6.07) is 13.8. The average Bonchev–Trinajstić information content (AvgIpc) is 2.79. The molecule has 0 saturated carbocycles. The van der Waals surface area contributed by atoms with Crippen molar-refractivity contribution in [2.24, 2.45) is 16.6 Å². The fraction of sp³-hybridized carbons (Fsp3) is 0.304. The number of nitrogens with zero attached hydrogens (tertiary/aromatic N) is 2. The van der Waals surface area contributed by atoms with E-state index in [0.29, 0.717) is 35.1 Å². The number of aliphatic imine (C=N–C) groups is 1. The van der Waals surface area contributed by atoms with Gasteiger partial charge in [-0.05, 0) is 62.4 Å². The number of amidine groups is 1. The summed E-state index contributed by atoms with van der Waals surface area (Å²) in [5.74, 6) is 10.7. The molecule has 0 spiro atoms. The van der Waals surface area contributed by atoms with Crippen molar-refractivity contribution in [2.45, 2.75) is 26.2 Å². The number of carbonyl (C=O) groups is 1. The van der Waals surface area contributed by atoms with E-state index < -0.39 is 12.3 Å². The van der Waals surface area contributed by atoms with Gasteiger partial charge in [0, 0.05) is 5.56 Å². The number of primary amides is 1. The Morgan fingerprint density at radius 1 is 1.16 bits per heavy atom. The van der Waals surface area contributed by atoms with Crippen molar-refractivity contribution in [3.05, 3.63) is 54.1 Å². The highest BCUT2D eigenvalue weighted by atomic mass is 16.5. The molecule has 9 nitrogen and oxygen atoms in total. The Hall–Kier alpha value is -3.74. The Morgan fingerprint density at radius 3 is 2.31 bits per heavy atom. The number of methoxy groups -OCH3 is 1. The lowest BCUT2D eigenvalue weighted by Crippen LogP contribution is -2.39. The Labute approximate surface area is 188 Å². The van der Waals surface area contributed by atoms with Crippen molar-refractivity contribution in [3.8, 4) is 23.8 Å². The Morgan fingerprint density at radius 2 is 1.78 bits per heavy atom. The van der Waals surface area contributed by atoms with Crippen LogP contribution < -0.4 is 31.4 Å². The number of hydrogen-bond donors (Lipinski definition) is 3. The van der Waals surface area contributed by atoms with Crippen LogP contribution in [0.15, 0.2) is 53.5 Å². The fourth-order valence-electron chi connectivity index (χ4n) is 2.66. The van der Waals surface area contributed by atoms with Gasteiger partial charge in [-0.25, -0.2) is 15.6 Å². The molecule has 0 saturated heterocycles. The van der Waals surface area contributed by atoms with Gasteiger partial charge >= 0.3 is 6.03 Å². The third-order valence-corrected chi connectivity index (χ3v) is 4.14. The van der Waals surface area contributed by atoms with E-state index in [-0.39, 0.29) is 12.7 Å². The van der Waals surface area contributed by atoms with E-state index in [9.17, 15) is 4.79 Å². The predicted octanol–water partition coefficient (Wildman–Crippen LogP) is 2.25. The van der Waals surface area contributed by atoms with Crippen LogP contribution in [0.1, 0.15) is 19.4 Å². The normalized spacial score (nSPS) is 12.1. The maximum absolute atomic E-state index is 10.7. The molecule has 5 N–H and O–H groups in total. The number of terminal acetylenes is 1. The predicted molar refractivity (Wildman–Crippen MR) is 125 cm³/mol. The third-order valence-electron chi connectivity index (χ3n) is 4.14. The number of anilines is 1. The zero-order valence-corrected chi connectivity index (χ0v) is 18.4. The van der Waals surface area contributed by atoms with Gasteiger partial charge in [0.25, 0.3) is 0 Å². The number of amides is 2. The minimum absolute atomic E-state index is 0.113. The highest BCUT2D eigenvalue weighted by Crippen LogP contribution is 2.21. The van der Waals surface area contributed by atoms with Crippen LogP contribution in [0, 0.1) is 12.3 Å². The van der Waals surface area contributed by atoms with E-state index in [1.54, 1.807) is 31.4 Å². The minimum atomic E-state index is -0.815. The second-order valence-corrected chi connectivity index (χ2v) is 6.89. The van der Waals surface area contributed by atoms with Crippen molar-refractivity contribution < 1.29 is 19.0 Å². The first-order chi connectivity index (χ1) is 15.3. The molecule has 1 atom stereocenters.